The van der Waals surface area contributed by atoms with Crippen LogP contribution in [0.5, 0.6) is 5.75 Å². The van der Waals surface area contributed by atoms with Gasteiger partial charge < -0.3 is 4.74 Å². The molecule has 2 rings (SSSR count). The molecule has 0 amide bonds. The Morgan fingerprint density at radius 3 is 2.05 bits per heavy atom. The Morgan fingerprint density at radius 2 is 1.59 bits per heavy atom. The summed E-state index contributed by atoms with van der Waals surface area (Å²) in [6, 6.07) is 2.66. The largest absolute Gasteiger partial charge is 0.481 e. The van der Waals surface area contributed by atoms with E-state index in [1.165, 1.54) is 12.1 Å². The SMILES string of the molecule is [B]C(CC)(CC)c1cc(F)c(OC2(C)CCCCC2)c(F)c1. The average molecular weight is 306 g/mol. The summed E-state index contributed by atoms with van der Waals surface area (Å²) in [5.41, 5.74) is 0.0187. The van der Waals surface area contributed by atoms with Gasteiger partial charge in [0.1, 0.15) is 5.60 Å². The zero-order valence-corrected chi connectivity index (χ0v) is 13.8. The summed E-state index contributed by atoms with van der Waals surface area (Å²) in [6.45, 7) is 5.78. The molecule has 1 nitrogen and oxygen atoms in total. The molecule has 1 aromatic carbocycles. The summed E-state index contributed by atoms with van der Waals surface area (Å²) in [6.07, 6.45) is 6.15. The van der Waals surface area contributed by atoms with E-state index >= 15 is 0 Å². The van der Waals surface area contributed by atoms with Gasteiger partial charge in [0, 0.05) is 0 Å². The summed E-state index contributed by atoms with van der Waals surface area (Å²) in [7, 11) is 6.24. The number of ether oxygens (including phenoxy) is 1. The monoisotopic (exact) mass is 306 g/mol. The van der Waals surface area contributed by atoms with Gasteiger partial charge in [0.2, 0.25) is 0 Å². The molecule has 1 fully saturated rings. The topological polar surface area (TPSA) is 9.23 Å². The van der Waals surface area contributed by atoms with Gasteiger partial charge >= 0.3 is 0 Å². The van der Waals surface area contributed by atoms with Gasteiger partial charge in [-0.3, -0.25) is 0 Å². The molecule has 0 heterocycles. The molecule has 0 aliphatic heterocycles. The first-order chi connectivity index (χ1) is 10.3. The summed E-state index contributed by atoms with van der Waals surface area (Å²) in [5, 5.41) is -0.699. The summed E-state index contributed by atoms with van der Waals surface area (Å²) < 4.78 is 34.6. The fraction of sp³-hybridized carbons (Fsp3) is 0.667. The molecule has 0 bridgehead atoms. The Morgan fingerprint density at radius 1 is 1.09 bits per heavy atom. The highest BCUT2D eigenvalue weighted by molar-refractivity contribution is 6.15. The lowest BCUT2D eigenvalue weighted by Gasteiger charge is -2.35. The van der Waals surface area contributed by atoms with Crippen LogP contribution in [0.2, 0.25) is 0 Å². The number of halogens is 2. The van der Waals surface area contributed by atoms with Crippen LogP contribution in [0.3, 0.4) is 0 Å². The lowest BCUT2D eigenvalue weighted by atomic mass is 9.61. The minimum Gasteiger partial charge on any atom is -0.481 e. The third kappa shape index (κ3) is 3.47. The van der Waals surface area contributed by atoms with Crippen molar-refractivity contribution in [1.82, 2.24) is 0 Å². The second-order valence-corrected chi connectivity index (χ2v) is 6.74. The van der Waals surface area contributed by atoms with Crippen LogP contribution in [-0.4, -0.2) is 13.4 Å². The van der Waals surface area contributed by atoms with E-state index in [9.17, 15) is 8.78 Å². The summed E-state index contributed by atoms with van der Waals surface area (Å²) in [5.74, 6) is -1.57. The zero-order valence-electron chi connectivity index (χ0n) is 13.8. The maximum absolute atomic E-state index is 14.4. The Balaban J connectivity index is 2.31. The first-order valence-corrected chi connectivity index (χ1v) is 8.31. The minimum atomic E-state index is -0.699. The highest BCUT2D eigenvalue weighted by Crippen LogP contribution is 2.37. The Labute approximate surface area is 133 Å². The van der Waals surface area contributed by atoms with E-state index in [0.717, 1.165) is 32.1 Å². The van der Waals surface area contributed by atoms with Crippen LogP contribution < -0.4 is 4.74 Å². The number of rotatable bonds is 5. The van der Waals surface area contributed by atoms with Gasteiger partial charge in [0.25, 0.3) is 0 Å². The highest BCUT2D eigenvalue weighted by Gasteiger charge is 2.32. The molecule has 1 aliphatic carbocycles. The Kier molecular flexibility index (Phi) is 5.19. The smallest absolute Gasteiger partial charge is 0.191 e. The number of hydrogen-bond acceptors (Lipinski definition) is 1. The molecule has 1 saturated carbocycles. The van der Waals surface area contributed by atoms with Gasteiger partial charge in [-0.2, -0.15) is 0 Å². The Hall–Kier alpha value is -1.06. The standard InChI is InChI=1S/C18H25BF2O/c1-4-18(19,5-2)13-11-14(20)16(15(21)12-13)22-17(3)9-7-6-8-10-17/h11-12H,4-10H2,1-3H3. The van der Waals surface area contributed by atoms with Crippen molar-refractivity contribution in [3.8, 4) is 5.75 Å². The maximum Gasteiger partial charge on any atom is 0.191 e. The molecule has 0 N–H and O–H groups in total. The molecule has 0 aromatic heterocycles. The molecule has 120 valence electrons. The first-order valence-electron chi connectivity index (χ1n) is 8.31. The van der Waals surface area contributed by atoms with Crippen LogP contribution in [0.25, 0.3) is 0 Å². The third-order valence-corrected chi connectivity index (χ3v) is 5.09. The van der Waals surface area contributed by atoms with E-state index in [1.54, 1.807) is 0 Å². The van der Waals surface area contributed by atoms with Crippen LogP contribution in [-0.2, 0) is 5.31 Å². The van der Waals surface area contributed by atoms with Crippen molar-refractivity contribution in [2.45, 2.75) is 76.6 Å². The molecular weight excluding hydrogens is 281 g/mol. The van der Waals surface area contributed by atoms with Crippen molar-refractivity contribution in [3.05, 3.63) is 29.3 Å². The second kappa shape index (κ2) is 6.60. The average Bonchev–Trinajstić information content (AvgIpc) is 2.50. The fourth-order valence-electron chi connectivity index (χ4n) is 3.25. The molecule has 0 unspecified atom stereocenters. The lowest BCUT2D eigenvalue weighted by Crippen LogP contribution is -2.35. The van der Waals surface area contributed by atoms with Gasteiger partial charge in [-0.25, -0.2) is 8.78 Å². The van der Waals surface area contributed by atoms with E-state index in [2.05, 4.69) is 0 Å². The normalized spacial score (nSPS) is 18.2. The van der Waals surface area contributed by atoms with Gasteiger partial charge in [-0.05, 0) is 55.6 Å². The van der Waals surface area contributed by atoms with Crippen molar-refractivity contribution >= 4 is 7.85 Å². The predicted molar refractivity (Wildman–Crippen MR) is 86.5 cm³/mol. The summed E-state index contributed by atoms with van der Waals surface area (Å²) in [4.78, 5) is 0. The lowest BCUT2D eigenvalue weighted by molar-refractivity contribution is 0.0405. The van der Waals surface area contributed by atoms with E-state index in [-0.39, 0.29) is 5.75 Å². The van der Waals surface area contributed by atoms with Crippen molar-refractivity contribution in [2.24, 2.45) is 0 Å². The van der Waals surface area contributed by atoms with E-state index in [1.807, 2.05) is 20.8 Å². The third-order valence-electron chi connectivity index (χ3n) is 5.09. The molecule has 2 radical (unpaired) electrons. The van der Waals surface area contributed by atoms with Gasteiger partial charge in [-0.1, -0.05) is 33.1 Å². The van der Waals surface area contributed by atoms with Crippen molar-refractivity contribution in [3.63, 3.8) is 0 Å². The molecule has 0 spiro atoms. The molecule has 22 heavy (non-hydrogen) atoms. The van der Waals surface area contributed by atoms with Crippen LogP contribution in [0.1, 0.15) is 71.3 Å². The van der Waals surface area contributed by atoms with Gasteiger partial charge in [0.05, 0.1) is 7.85 Å². The minimum absolute atomic E-state index is 0.261. The fourth-order valence-corrected chi connectivity index (χ4v) is 3.25. The molecule has 1 aromatic rings. The zero-order chi connectivity index (χ0) is 16.4. The van der Waals surface area contributed by atoms with E-state index in [4.69, 9.17) is 12.6 Å². The second-order valence-electron chi connectivity index (χ2n) is 6.74. The first kappa shape index (κ1) is 17.3. The quantitative estimate of drug-likeness (QED) is 0.675. The molecule has 0 saturated heterocycles. The van der Waals surface area contributed by atoms with Gasteiger partial charge in [-0.15, -0.1) is 0 Å². The summed E-state index contributed by atoms with van der Waals surface area (Å²) >= 11 is 0. The van der Waals surface area contributed by atoms with Crippen LogP contribution in [0.15, 0.2) is 12.1 Å². The highest BCUT2D eigenvalue weighted by atomic mass is 19.1. The molecule has 0 atom stereocenters. The van der Waals surface area contributed by atoms with Crippen molar-refractivity contribution in [2.75, 3.05) is 0 Å². The van der Waals surface area contributed by atoms with Crippen molar-refractivity contribution < 1.29 is 13.5 Å². The van der Waals surface area contributed by atoms with Crippen LogP contribution in [0, 0.1) is 11.6 Å². The van der Waals surface area contributed by atoms with Crippen molar-refractivity contribution in [1.29, 1.82) is 0 Å². The maximum atomic E-state index is 14.4. The van der Waals surface area contributed by atoms with Crippen LogP contribution in [0.4, 0.5) is 8.78 Å². The van der Waals surface area contributed by atoms with E-state index < -0.39 is 22.5 Å². The number of hydrogen-bond donors (Lipinski definition) is 0. The van der Waals surface area contributed by atoms with Crippen LogP contribution >= 0.6 is 0 Å². The van der Waals surface area contributed by atoms with Gasteiger partial charge in [0.15, 0.2) is 17.4 Å². The Bertz CT molecular complexity index is 497. The molecular formula is C18H25BF2O. The van der Waals surface area contributed by atoms with E-state index in [0.29, 0.717) is 18.4 Å². The molecule has 1 aliphatic rings. The molecule has 4 heteroatoms. The number of benzene rings is 1. The predicted octanol–water partition coefficient (Wildman–Crippen LogP) is 5.25.